The summed E-state index contributed by atoms with van der Waals surface area (Å²) in [7, 11) is 3.43. The molecule has 0 aliphatic carbocycles. The van der Waals surface area contributed by atoms with Gasteiger partial charge in [0.15, 0.2) is 0 Å². The Balaban J connectivity index is 1.81. The number of methoxy groups -OCH3 is 2. The number of hydrogen-bond donors (Lipinski definition) is 0. The molecule has 4 atom stereocenters. The van der Waals surface area contributed by atoms with Gasteiger partial charge in [-0.3, -0.25) is 0 Å². The minimum atomic E-state index is 0.297. The molecule has 1 heterocycles. The first kappa shape index (κ1) is 19.4. The van der Waals surface area contributed by atoms with Crippen LogP contribution in [-0.4, -0.2) is 14.2 Å². The van der Waals surface area contributed by atoms with Gasteiger partial charge in [-0.15, -0.1) is 0 Å². The largest absolute Gasteiger partial charge is 0.497 e. The van der Waals surface area contributed by atoms with Crippen molar-refractivity contribution in [1.29, 1.82) is 0 Å². The number of nitrogens with zero attached hydrogens (tertiary/aromatic N) is 1. The fourth-order valence-corrected chi connectivity index (χ4v) is 4.71. The lowest BCUT2D eigenvalue weighted by atomic mass is 9.85. The molecule has 0 spiro atoms. The molecule has 29 heavy (non-hydrogen) atoms. The van der Waals surface area contributed by atoms with Gasteiger partial charge in [0.1, 0.15) is 11.5 Å². The first-order chi connectivity index (χ1) is 14.1. The predicted octanol–water partition coefficient (Wildman–Crippen LogP) is 6.28. The van der Waals surface area contributed by atoms with Gasteiger partial charge in [0.2, 0.25) is 0 Å². The Morgan fingerprint density at radius 3 is 1.38 bits per heavy atom. The van der Waals surface area contributed by atoms with Gasteiger partial charge in [-0.25, -0.2) is 0 Å². The third-order valence-corrected chi connectivity index (χ3v) is 6.39. The molecule has 0 bridgehead atoms. The van der Waals surface area contributed by atoms with E-state index < -0.39 is 0 Å². The van der Waals surface area contributed by atoms with Crippen LogP contribution in [0.2, 0.25) is 0 Å². The molecule has 150 valence electrons. The zero-order chi connectivity index (χ0) is 20.4. The van der Waals surface area contributed by atoms with Crippen molar-refractivity contribution in [2.45, 2.75) is 25.9 Å². The van der Waals surface area contributed by atoms with E-state index in [1.807, 2.05) is 0 Å². The molecular weight excluding hydrogens is 358 g/mol. The van der Waals surface area contributed by atoms with Crippen LogP contribution in [-0.2, 0) is 0 Å². The van der Waals surface area contributed by atoms with Crippen LogP contribution in [0.5, 0.6) is 11.5 Å². The zero-order valence-corrected chi connectivity index (χ0v) is 17.6. The van der Waals surface area contributed by atoms with Crippen LogP contribution in [0.15, 0.2) is 78.9 Å². The fraction of sp³-hybridized carbons (Fsp3) is 0.308. The Bertz CT molecular complexity index is 862. The van der Waals surface area contributed by atoms with E-state index in [2.05, 4.69) is 97.6 Å². The van der Waals surface area contributed by atoms with Gasteiger partial charge < -0.3 is 14.4 Å². The highest BCUT2D eigenvalue weighted by molar-refractivity contribution is 5.54. The highest BCUT2D eigenvalue weighted by atomic mass is 16.5. The maximum atomic E-state index is 5.38. The van der Waals surface area contributed by atoms with Gasteiger partial charge in [-0.2, -0.15) is 0 Å². The second kappa shape index (κ2) is 8.20. The number of anilines is 1. The van der Waals surface area contributed by atoms with Crippen LogP contribution in [0.4, 0.5) is 5.69 Å². The Hall–Kier alpha value is -2.94. The number of hydrogen-bond acceptors (Lipinski definition) is 3. The second-order valence-electron chi connectivity index (χ2n) is 7.90. The van der Waals surface area contributed by atoms with E-state index in [1.165, 1.54) is 16.8 Å². The SMILES string of the molecule is COc1ccc([C@@H]2[C@@H](C)[C@H](C)[C@@H](c3ccc(OC)cc3)N2c2ccccc2)cc1. The molecule has 0 unspecified atom stereocenters. The highest BCUT2D eigenvalue weighted by Gasteiger charge is 2.45. The lowest BCUT2D eigenvalue weighted by molar-refractivity contribution is 0.399. The summed E-state index contributed by atoms with van der Waals surface area (Å²) in [6.07, 6.45) is 0. The van der Waals surface area contributed by atoms with E-state index >= 15 is 0 Å². The van der Waals surface area contributed by atoms with Crippen molar-refractivity contribution in [1.82, 2.24) is 0 Å². The molecule has 1 aliphatic rings. The summed E-state index contributed by atoms with van der Waals surface area (Å²) in [6, 6.07) is 28.5. The summed E-state index contributed by atoms with van der Waals surface area (Å²) in [5.74, 6) is 2.78. The van der Waals surface area contributed by atoms with E-state index in [0.29, 0.717) is 23.9 Å². The molecule has 1 fully saturated rings. The molecule has 1 aliphatic heterocycles. The number of benzene rings is 3. The van der Waals surface area contributed by atoms with Crippen LogP contribution in [0, 0.1) is 11.8 Å². The Kier molecular flexibility index (Phi) is 5.48. The molecule has 0 N–H and O–H groups in total. The van der Waals surface area contributed by atoms with Crippen LogP contribution in [0.25, 0.3) is 0 Å². The quantitative estimate of drug-likeness (QED) is 0.514. The maximum Gasteiger partial charge on any atom is 0.118 e. The van der Waals surface area contributed by atoms with Crippen molar-refractivity contribution in [3.8, 4) is 11.5 Å². The van der Waals surface area contributed by atoms with Crippen molar-refractivity contribution in [3.05, 3.63) is 90.0 Å². The van der Waals surface area contributed by atoms with Crippen LogP contribution >= 0.6 is 0 Å². The lowest BCUT2D eigenvalue weighted by Gasteiger charge is -2.34. The minimum absolute atomic E-state index is 0.297. The van der Waals surface area contributed by atoms with Gasteiger partial charge in [0.05, 0.1) is 26.3 Å². The van der Waals surface area contributed by atoms with Crippen molar-refractivity contribution in [2.75, 3.05) is 19.1 Å². The van der Waals surface area contributed by atoms with E-state index in [0.717, 1.165) is 11.5 Å². The molecule has 3 aromatic rings. The van der Waals surface area contributed by atoms with Gasteiger partial charge >= 0.3 is 0 Å². The predicted molar refractivity (Wildman–Crippen MR) is 119 cm³/mol. The van der Waals surface area contributed by atoms with Gasteiger partial charge in [0.25, 0.3) is 0 Å². The monoisotopic (exact) mass is 387 g/mol. The van der Waals surface area contributed by atoms with Crippen molar-refractivity contribution >= 4 is 5.69 Å². The van der Waals surface area contributed by atoms with E-state index in [4.69, 9.17) is 9.47 Å². The number of ether oxygens (including phenoxy) is 2. The molecule has 0 radical (unpaired) electrons. The average molecular weight is 388 g/mol. The first-order valence-corrected chi connectivity index (χ1v) is 10.3. The van der Waals surface area contributed by atoms with Crippen molar-refractivity contribution in [2.24, 2.45) is 11.8 Å². The summed E-state index contributed by atoms with van der Waals surface area (Å²) in [4.78, 5) is 2.60. The van der Waals surface area contributed by atoms with Crippen molar-refractivity contribution < 1.29 is 9.47 Å². The summed E-state index contributed by atoms with van der Waals surface area (Å²) < 4.78 is 10.8. The molecule has 4 rings (SSSR count). The molecule has 1 saturated heterocycles. The van der Waals surface area contributed by atoms with E-state index in [-0.39, 0.29) is 0 Å². The van der Waals surface area contributed by atoms with Crippen molar-refractivity contribution in [3.63, 3.8) is 0 Å². The normalized spacial score (nSPS) is 23.8. The molecule has 3 heteroatoms. The van der Waals surface area contributed by atoms with Gasteiger partial charge in [-0.05, 0) is 59.4 Å². The first-order valence-electron chi connectivity index (χ1n) is 10.3. The number of para-hydroxylation sites is 1. The minimum Gasteiger partial charge on any atom is -0.497 e. The smallest absolute Gasteiger partial charge is 0.118 e. The topological polar surface area (TPSA) is 21.7 Å². The third-order valence-electron chi connectivity index (χ3n) is 6.39. The molecule has 3 aromatic carbocycles. The Morgan fingerprint density at radius 2 is 1.00 bits per heavy atom. The van der Waals surface area contributed by atoms with E-state index in [9.17, 15) is 0 Å². The summed E-state index contributed by atoms with van der Waals surface area (Å²) in [6.45, 7) is 4.75. The summed E-state index contributed by atoms with van der Waals surface area (Å²) in [5, 5.41) is 0. The molecule has 0 amide bonds. The average Bonchev–Trinajstić information content (AvgIpc) is 3.05. The Labute approximate surface area is 173 Å². The highest BCUT2D eigenvalue weighted by Crippen LogP contribution is 2.53. The zero-order valence-electron chi connectivity index (χ0n) is 17.6. The van der Waals surface area contributed by atoms with Crippen LogP contribution in [0.1, 0.15) is 37.1 Å². The maximum absolute atomic E-state index is 5.38. The lowest BCUT2D eigenvalue weighted by Crippen LogP contribution is -2.27. The van der Waals surface area contributed by atoms with Gasteiger partial charge in [-0.1, -0.05) is 56.3 Å². The van der Waals surface area contributed by atoms with Gasteiger partial charge in [0, 0.05) is 5.69 Å². The molecular formula is C26H29NO2. The van der Waals surface area contributed by atoms with Crippen LogP contribution in [0.3, 0.4) is 0 Å². The second-order valence-corrected chi connectivity index (χ2v) is 7.90. The summed E-state index contributed by atoms with van der Waals surface area (Å²) >= 11 is 0. The third kappa shape index (κ3) is 3.57. The van der Waals surface area contributed by atoms with E-state index in [1.54, 1.807) is 14.2 Å². The molecule has 0 saturated carbocycles. The molecule has 3 nitrogen and oxygen atoms in total. The number of rotatable bonds is 5. The van der Waals surface area contributed by atoms with Crippen LogP contribution < -0.4 is 14.4 Å². The summed E-state index contributed by atoms with van der Waals surface area (Å²) in [5.41, 5.74) is 3.90. The molecule has 0 aromatic heterocycles. The standard InChI is InChI=1S/C26H29NO2/c1-18-19(2)26(21-12-16-24(29-4)17-13-21)27(22-8-6-5-7-9-22)25(18)20-10-14-23(28-3)15-11-20/h5-19,25-26H,1-4H3/t18-,19-,25-,26-/m0/s1. The Morgan fingerprint density at radius 1 is 0.586 bits per heavy atom. The fourth-order valence-electron chi connectivity index (χ4n) is 4.71.